The van der Waals surface area contributed by atoms with E-state index in [1.165, 1.54) is 22.7 Å². The Labute approximate surface area is 139 Å². The SMILES string of the molecule is O=C(Nc1cccs1)Nc1nc(-c2ccc3c(c2)OCO3)cs1. The number of thiophene rings is 1. The number of urea groups is 1. The summed E-state index contributed by atoms with van der Waals surface area (Å²) in [5, 5.41) is 10.6. The first-order chi connectivity index (χ1) is 11.3. The number of carbonyl (C=O) groups excluding carboxylic acids is 1. The molecular formula is C15H11N3O3S2. The number of benzene rings is 1. The molecule has 23 heavy (non-hydrogen) atoms. The second-order valence-corrected chi connectivity index (χ2v) is 6.47. The molecule has 4 rings (SSSR count). The summed E-state index contributed by atoms with van der Waals surface area (Å²) in [6.45, 7) is 0.242. The van der Waals surface area contributed by atoms with Crippen molar-refractivity contribution in [3.05, 3.63) is 41.1 Å². The van der Waals surface area contributed by atoms with E-state index in [1.54, 1.807) is 0 Å². The normalized spacial score (nSPS) is 12.2. The van der Waals surface area contributed by atoms with Crippen LogP contribution in [0.15, 0.2) is 41.1 Å². The molecule has 1 aromatic carbocycles. The Morgan fingerprint density at radius 1 is 1.13 bits per heavy atom. The maximum atomic E-state index is 11.9. The number of hydrogen-bond acceptors (Lipinski definition) is 6. The van der Waals surface area contributed by atoms with Gasteiger partial charge in [-0.05, 0) is 35.7 Å². The van der Waals surface area contributed by atoms with Gasteiger partial charge in [-0.15, -0.1) is 22.7 Å². The molecule has 3 heterocycles. The van der Waals surface area contributed by atoms with Crippen molar-refractivity contribution in [3.63, 3.8) is 0 Å². The Bertz CT molecular complexity index is 846. The van der Waals surface area contributed by atoms with E-state index in [0.717, 1.165) is 22.0 Å². The van der Waals surface area contributed by atoms with E-state index in [0.29, 0.717) is 10.9 Å². The van der Waals surface area contributed by atoms with Crippen LogP contribution in [-0.2, 0) is 0 Å². The number of aromatic nitrogens is 1. The van der Waals surface area contributed by atoms with Crippen molar-refractivity contribution in [1.29, 1.82) is 0 Å². The second-order valence-electron chi connectivity index (χ2n) is 4.66. The first-order valence-corrected chi connectivity index (χ1v) is 8.51. The summed E-state index contributed by atoms with van der Waals surface area (Å²) in [7, 11) is 0. The van der Waals surface area contributed by atoms with E-state index in [-0.39, 0.29) is 12.8 Å². The minimum Gasteiger partial charge on any atom is -0.454 e. The number of nitrogens with zero attached hydrogens (tertiary/aromatic N) is 1. The standard InChI is InChI=1S/C15H11N3O3S2/c19-14(17-13-2-1-5-22-13)18-15-16-10(7-23-15)9-3-4-11-12(6-9)21-8-20-11/h1-7H,8H2,(H2,16,17,18,19). The highest BCUT2D eigenvalue weighted by Crippen LogP contribution is 2.36. The van der Waals surface area contributed by atoms with Crippen molar-refractivity contribution >= 4 is 38.8 Å². The molecule has 1 aliphatic rings. The van der Waals surface area contributed by atoms with Crippen molar-refractivity contribution in [2.75, 3.05) is 17.4 Å². The van der Waals surface area contributed by atoms with Crippen LogP contribution in [0.25, 0.3) is 11.3 Å². The molecule has 0 bridgehead atoms. The van der Waals surface area contributed by atoms with E-state index in [1.807, 2.05) is 41.1 Å². The van der Waals surface area contributed by atoms with Gasteiger partial charge in [0, 0.05) is 10.9 Å². The summed E-state index contributed by atoms with van der Waals surface area (Å²) in [5.41, 5.74) is 1.69. The number of amides is 2. The molecular weight excluding hydrogens is 334 g/mol. The lowest BCUT2D eigenvalue weighted by Gasteiger charge is -2.02. The number of carbonyl (C=O) groups is 1. The largest absolute Gasteiger partial charge is 0.454 e. The molecule has 0 aliphatic carbocycles. The first kappa shape index (κ1) is 14.0. The van der Waals surface area contributed by atoms with Gasteiger partial charge in [-0.25, -0.2) is 9.78 Å². The van der Waals surface area contributed by atoms with Crippen LogP contribution in [0.2, 0.25) is 0 Å². The van der Waals surface area contributed by atoms with Crippen LogP contribution in [0, 0.1) is 0 Å². The third kappa shape index (κ3) is 2.99. The van der Waals surface area contributed by atoms with Crippen molar-refractivity contribution < 1.29 is 14.3 Å². The van der Waals surface area contributed by atoms with Crippen LogP contribution in [0.1, 0.15) is 0 Å². The molecule has 3 aromatic rings. The first-order valence-electron chi connectivity index (χ1n) is 6.75. The highest BCUT2D eigenvalue weighted by molar-refractivity contribution is 7.14. The van der Waals surface area contributed by atoms with E-state index >= 15 is 0 Å². The molecule has 0 atom stereocenters. The van der Waals surface area contributed by atoms with Crippen molar-refractivity contribution in [3.8, 4) is 22.8 Å². The van der Waals surface area contributed by atoms with Crippen LogP contribution in [0.3, 0.4) is 0 Å². The third-order valence-electron chi connectivity index (χ3n) is 3.15. The van der Waals surface area contributed by atoms with E-state index in [4.69, 9.17) is 9.47 Å². The van der Waals surface area contributed by atoms with Crippen LogP contribution >= 0.6 is 22.7 Å². The van der Waals surface area contributed by atoms with E-state index in [2.05, 4.69) is 15.6 Å². The number of hydrogen-bond donors (Lipinski definition) is 2. The lowest BCUT2D eigenvalue weighted by Crippen LogP contribution is -2.18. The number of anilines is 2. The zero-order valence-corrected chi connectivity index (χ0v) is 13.4. The molecule has 2 N–H and O–H groups in total. The van der Waals surface area contributed by atoms with Crippen LogP contribution in [0.4, 0.5) is 14.9 Å². The molecule has 0 saturated carbocycles. The lowest BCUT2D eigenvalue weighted by atomic mass is 10.1. The monoisotopic (exact) mass is 345 g/mol. The molecule has 2 aromatic heterocycles. The van der Waals surface area contributed by atoms with Crippen LogP contribution in [-0.4, -0.2) is 17.8 Å². The quantitative estimate of drug-likeness (QED) is 0.744. The molecule has 116 valence electrons. The Morgan fingerprint density at radius 2 is 2.04 bits per heavy atom. The minimum atomic E-state index is -0.306. The van der Waals surface area contributed by atoms with Crippen molar-refractivity contribution in [2.45, 2.75) is 0 Å². The smallest absolute Gasteiger partial charge is 0.326 e. The minimum absolute atomic E-state index is 0.242. The van der Waals surface area contributed by atoms with Gasteiger partial charge in [0.05, 0.1) is 10.7 Å². The summed E-state index contributed by atoms with van der Waals surface area (Å²) >= 11 is 2.83. The maximum Gasteiger partial charge on any atom is 0.326 e. The van der Waals surface area contributed by atoms with Gasteiger partial charge in [0.25, 0.3) is 0 Å². The summed E-state index contributed by atoms with van der Waals surface area (Å²) in [6.07, 6.45) is 0. The second kappa shape index (κ2) is 5.90. The van der Waals surface area contributed by atoms with Crippen molar-refractivity contribution in [1.82, 2.24) is 4.98 Å². The summed E-state index contributed by atoms with van der Waals surface area (Å²) < 4.78 is 10.7. The van der Waals surface area contributed by atoms with Gasteiger partial charge in [0.2, 0.25) is 6.79 Å². The zero-order chi connectivity index (χ0) is 15.6. The molecule has 6 nitrogen and oxygen atoms in total. The highest BCUT2D eigenvalue weighted by Gasteiger charge is 2.15. The van der Waals surface area contributed by atoms with Gasteiger partial charge in [-0.1, -0.05) is 0 Å². The topological polar surface area (TPSA) is 72.5 Å². The number of fused-ring (bicyclic) bond motifs is 1. The Hall–Kier alpha value is -2.58. The summed E-state index contributed by atoms with van der Waals surface area (Å²) in [6, 6.07) is 9.06. The average Bonchev–Trinajstić information content (AvgIpc) is 3.27. The fraction of sp³-hybridized carbons (Fsp3) is 0.0667. The Balaban J connectivity index is 1.47. The highest BCUT2D eigenvalue weighted by atomic mass is 32.1. The van der Waals surface area contributed by atoms with E-state index in [9.17, 15) is 4.79 Å². The lowest BCUT2D eigenvalue weighted by molar-refractivity contribution is 0.174. The van der Waals surface area contributed by atoms with Gasteiger partial charge < -0.3 is 9.47 Å². The van der Waals surface area contributed by atoms with E-state index < -0.39 is 0 Å². The number of thiazole rings is 1. The molecule has 0 radical (unpaired) electrons. The molecule has 1 aliphatic heterocycles. The van der Waals surface area contributed by atoms with Gasteiger partial charge >= 0.3 is 6.03 Å². The molecule has 0 unspecified atom stereocenters. The number of ether oxygens (including phenoxy) is 2. The Morgan fingerprint density at radius 3 is 2.91 bits per heavy atom. The predicted octanol–water partition coefficient (Wildman–Crippen LogP) is 4.24. The molecule has 0 spiro atoms. The zero-order valence-electron chi connectivity index (χ0n) is 11.7. The van der Waals surface area contributed by atoms with Crippen LogP contribution < -0.4 is 20.1 Å². The third-order valence-corrected chi connectivity index (χ3v) is 4.69. The Kier molecular flexibility index (Phi) is 3.60. The molecule has 0 fully saturated rings. The average molecular weight is 345 g/mol. The van der Waals surface area contributed by atoms with Gasteiger partial charge in [0.1, 0.15) is 0 Å². The van der Waals surface area contributed by atoms with Gasteiger partial charge in [0.15, 0.2) is 16.6 Å². The van der Waals surface area contributed by atoms with Crippen LogP contribution in [0.5, 0.6) is 11.5 Å². The van der Waals surface area contributed by atoms with Crippen molar-refractivity contribution in [2.24, 2.45) is 0 Å². The fourth-order valence-electron chi connectivity index (χ4n) is 2.11. The maximum absolute atomic E-state index is 11.9. The summed E-state index contributed by atoms with van der Waals surface area (Å²) in [4.78, 5) is 16.3. The summed E-state index contributed by atoms with van der Waals surface area (Å²) in [5.74, 6) is 1.44. The molecule has 2 amide bonds. The number of rotatable bonds is 3. The fourth-order valence-corrected chi connectivity index (χ4v) is 3.44. The molecule has 8 heteroatoms. The van der Waals surface area contributed by atoms with Gasteiger partial charge in [-0.3, -0.25) is 10.6 Å². The molecule has 0 saturated heterocycles. The van der Waals surface area contributed by atoms with Gasteiger partial charge in [-0.2, -0.15) is 0 Å². The number of nitrogens with one attached hydrogen (secondary N) is 2. The predicted molar refractivity (Wildman–Crippen MR) is 90.6 cm³/mol.